The Morgan fingerprint density at radius 1 is 0.810 bits per heavy atom. The number of benzene rings is 2. The van der Waals surface area contributed by atoms with Crippen LogP contribution in [0.25, 0.3) is 0 Å². The molecule has 21 heavy (non-hydrogen) atoms. The lowest BCUT2D eigenvalue weighted by Crippen LogP contribution is -2.36. The number of nitrogen functional groups attached to an aromatic ring is 2. The number of amides is 2. The van der Waals surface area contributed by atoms with Crippen LogP contribution in [0.1, 0.15) is 11.1 Å². The zero-order chi connectivity index (χ0) is 15.1. The van der Waals surface area contributed by atoms with E-state index in [-0.39, 0.29) is 6.03 Å². The molecule has 5 nitrogen and oxygen atoms in total. The monoisotopic (exact) mass is 284 g/mol. The van der Waals surface area contributed by atoms with Gasteiger partial charge in [0.2, 0.25) is 0 Å². The van der Waals surface area contributed by atoms with Crippen LogP contribution in [0, 0.1) is 0 Å². The van der Waals surface area contributed by atoms with Crippen molar-refractivity contribution in [2.75, 3.05) is 18.0 Å². The van der Waals surface area contributed by atoms with Crippen LogP contribution in [0.3, 0.4) is 0 Å². The van der Waals surface area contributed by atoms with Crippen molar-refractivity contribution >= 4 is 17.4 Å². The Balaban J connectivity index is 1.67. The molecular weight excluding hydrogens is 264 g/mol. The molecule has 0 unspecified atom stereocenters. The number of nitrogens with one attached hydrogen (secondary N) is 2. The van der Waals surface area contributed by atoms with Gasteiger partial charge < -0.3 is 22.1 Å². The minimum Gasteiger partial charge on any atom is -0.399 e. The average Bonchev–Trinajstić information content (AvgIpc) is 2.49. The van der Waals surface area contributed by atoms with Gasteiger partial charge in [-0.3, -0.25) is 0 Å². The molecule has 0 radical (unpaired) electrons. The van der Waals surface area contributed by atoms with Crippen molar-refractivity contribution in [2.45, 2.75) is 13.0 Å². The highest BCUT2D eigenvalue weighted by Crippen LogP contribution is 2.06. The maximum absolute atomic E-state index is 11.7. The van der Waals surface area contributed by atoms with E-state index < -0.39 is 0 Å². The van der Waals surface area contributed by atoms with Gasteiger partial charge in [-0.2, -0.15) is 0 Å². The molecule has 2 aromatic rings. The average molecular weight is 284 g/mol. The number of carbonyl (C=O) groups is 1. The first-order valence-electron chi connectivity index (χ1n) is 6.84. The van der Waals surface area contributed by atoms with Gasteiger partial charge in [0.05, 0.1) is 0 Å². The molecule has 5 heteroatoms. The predicted molar refractivity (Wildman–Crippen MR) is 85.7 cm³/mol. The highest BCUT2D eigenvalue weighted by molar-refractivity contribution is 5.73. The summed E-state index contributed by atoms with van der Waals surface area (Å²) in [5.41, 5.74) is 14.8. The molecule has 0 aliphatic rings. The summed E-state index contributed by atoms with van der Waals surface area (Å²) < 4.78 is 0. The van der Waals surface area contributed by atoms with Gasteiger partial charge in [-0.15, -0.1) is 0 Å². The molecule has 2 rings (SSSR count). The SMILES string of the molecule is Nc1ccc(CCNC(=O)NCc2ccc(N)cc2)cc1. The Kier molecular flexibility index (Phi) is 5.04. The first-order valence-corrected chi connectivity index (χ1v) is 6.84. The largest absolute Gasteiger partial charge is 0.399 e. The van der Waals surface area contributed by atoms with E-state index in [1.54, 1.807) is 0 Å². The van der Waals surface area contributed by atoms with Gasteiger partial charge in [-0.1, -0.05) is 24.3 Å². The molecule has 2 aromatic carbocycles. The molecule has 0 aliphatic heterocycles. The lowest BCUT2D eigenvalue weighted by Gasteiger charge is -2.08. The van der Waals surface area contributed by atoms with Gasteiger partial charge in [-0.05, 0) is 41.8 Å². The van der Waals surface area contributed by atoms with Crippen LogP contribution < -0.4 is 22.1 Å². The van der Waals surface area contributed by atoms with Crippen molar-refractivity contribution in [3.63, 3.8) is 0 Å². The number of hydrogen-bond donors (Lipinski definition) is 4. The summed E-state index contributed by atoms with van der Waals surface area (Å²) >= 11 is 0. The fraction of sp³-hybridized carbons (Fsp3) is 0.188. The van der Waals surface area contributed by atoms with E-state index in [1.165, 1.54) is 0 Å². The number of anilines is 2. The lowest BCUT2D eigenvalue weighted by molar-refractivity contribution is 0.240. The van der Waals surface area contributed by atoms with E-state index in [1.807, 2.05) is 48.5 Å². The van der Waals surface area contributed by atoms with Crippen LogP contribution in [-0.4, -0.2) is 12.6 Å². The van der Waals surface area contributed by atoms with Crippen LogP contribution in [0.5, 0.6) is 0 Å². The molecule has 0 atom stereocenters. The van der Waals surface area contributed by atoms with Gasteiger partial charge in [0, 0.05) is 24.5 Å². The van der Waals surface area contributed by atoms with E-state index in [0.29, 0.717) is 18.8 Å². The molecule has 0 fully saturated rings. The summed E-state index contributed by atoms with van der Waals surface area (Å²) in [6.07, 6.45) is 0.773. The van der Waals surface area contributed by atoms with Crippen LogP contribution in [0.4, 0.5) is 16.2 Å². The third-order valence-corrected chi connectivity index (χ3v) is 3.11. The Bertz CT molecular complexity index is 578. The molecule has 0 spiro atoms. The molecule has 0 aliphatic carbocycles. The Labute approximate surface area is 124 Å². The van der Waals surface area contributed by atoms with Crippen LogP contribution in [0.15, 0.2) is 48.5 Å². The molecule has 110 valence electrons. The summed E-state index contributed by atoms with van der Waals surface area (Å²) in [7, 11) is 0. The van der Waals surface area contributed by atoms with Gasteiger partial charge >= 0.3 is 6.03 Å². The maximum Gasteiger partial charge on any atom is 0.315 e. The zero-order valence-corrected chi connectivity index (χ0v) is 11.8. The highest BCUT2D eigenvalue weighted by Gasteiger charge is 2.00. The third kappa shape index (κ3) is 5.06. The van der Waals surface area contributed by atoms with Gasteiger partial charge in [0.15, 0.2) is 0 Å². The minimum atomic E-state index is -0.178. The number of hydrogen-bond acceptors (Lipinski definition) is 3. The van der Waals surface area contributed by atoms with E-state index >= 15 is 0 Å². The molecule has 0 heterocycles. The van der Waals surface area contributed by atoms with Crippen molar-refractivity contribution in [3.05, 3.63) is 59.7 Å². The lowest BCUT2D eigenvalue weighted by atomic mass is 10.1. The van der Waals surface area contributed by atoms with Crippen LogP contribution in [-0.2, 0) is 13.0 Å². The fourth-order valence-electron chi connectivity index (χ4n) is 1.89. The molecule has 0 bridgehead atoms. The second-order valence-corrected chi connectivity index (χ2v) is 4.84. The maximum atomic E-state index is 11.7. The minimum absolute atomic E-state index is 0.178. The summed E-state index contributed by atoms with van der Waals surface area (Å²) in [5, 5.41) is 5.62. The van der Waals surface area contributed by atoms with Crippen molar-refractivity contribution < 1.29 is 4.79 Å². The number of nitrogens with two attached hydrogens (primary N) is 2. The molecule has 6 N–H and O–H groups in total. The molecule has 0 saturated heterocycles. The van der Waals surface area contributed by atoms with Gasteiger partial charge in [0.1, 0.15) is 0 Å². The second-order valence-electron chi connectivity index (χ2n) is 4.84. The number of rotatable bonds is 5. The molecule has 0 saturated carbocycles. The summed E-state index contributed by atoms with van der Waals surface area (Å²) in [4.78, 5) is 11.7. The second kappa shape index (κ2) is 7.19. The van der Waals surface area contributed by atoms with Gasteiger partial charge in [-0.25, -0.2) is 4.79 Å². The predicted octanol–water partition coefficient (Wildman–Crippen LogP) is 1.89. The molecule has 2 amide bonds. The van der Waals surface area contributed by atoms with E-state index in [2.05, 4.69) is 10.6 Å². The van der Waals surface area contributed by atoms with E-state index in [0.717, 1.165) is 23.2 Å². The van der Waals surface area contributed by atoms with Crippen molar-refractivity contribution in [1.29, 1.82) is 0 Å². The van der Waals surface area contributed by atoms with Crippen molar-refractivity contribution in [2.24, 2.45) is 0 Å². The summed E-state index contributed by atoms with van der Waals surface area (Å²) in [6.45, 7) is 1.06. The standard InChI is InChI=1S/C16H20N4O/c17-14-5-1-12(2-6-14)9-10-19-16(21)20-11-13-3-7-15(18)8-4-13/h1-8H,9-11,17-18H2,(H2,19,20,21). The topological polar surface area (TPSA) is 93.2 Å². The van der Waals surface area contributed by atoms with Crippen LogP contribution in [0.2, 0.25) is 0 Å². The smallest absolute Gasteiger partial charge is 0.315 e. The first kappa shape index (κ1) is 14.7. The van der Waals surface area contributed by atoms with Gasteiger partial charge in [0.25, 0.3) is 0 Å². The number of urea groups is 1. The van der Waals surface area contributed by atoms with Crippen molar-refractivity contribution in [1.82, 2.24) is 10.6 Å². The molecular formula is C16H20N4O. The van der Waals surface area contributed by atoms with Crippen molar-refractivity contribution in [3.8, 4) is 0 Å². The Morgan fingerprint density at radius 3 is 1.90 bits per heavy atom. The van der Waals surface area contributed by atoms with E-state index in [4.69, 9.17) is 11.5 Å². The summed E-state index contributed by atoms with van der Waals surface area (Å²) in [5.74, 6) is 0. The fourth-order valence-corrected chi connectivity index (χ4v) is 1.89. The summed E-state index contributed by atoms with van der Waals surface area (Å²) in [6, 6.07) is 14.9. The Morgan fingerprint density at radius 2 is 1.33 bits per heavy atom. The quantitative estimate of drug-likeness (QED) is 0.632. The highest BCUT2D eigenvalue weighted by atomic mass is 16.2. The third-order valence-electron chi connectivity index (χ3n) is 3.11. The Hall–Kier alpha value is -2.69. The first-order chi connectivity index (χ1) is 10.1. The zero-order valence-electron chi connectivity index (χ0n) is 11.8. The normalized spacial score (nSPS) is 10.1. The van der Waals surface area contributed by atoms with E-state index in [9.17, 15) is 4.79 Å². The van der Waals surface area contributed by atoms with Crippen LogP contribution >= 0.6 is 0 Å². The molecule has 0 aromatic heterocycles. The number of carbonyl (C=O) groups excluding carboxylic acids is 1.